The molecule has 0 aromatic rings. The second kappa shape index (κ2) is 4.15. The third-order valence-electron chi connectivity index (χ3n) is 7.62. The molecule has 4 nitrogen and oxygen atoms in total. The fraction of sp³-hybridized carbons (Fsp3) is 0.833. The maximum absolute atomic E-state index is 12.2. The molecule has 1 spiro atoms. The van der Waals surface area contributed by atoms with Crippen molar-refractivity contribution in [2.45, 2.75) is 63.0 Å². The van der Waals surface area contributed by atoms with Gasteiger partial charge in [0.05, 0.1) is 11.5 Å². The van der Waals surface area contributed by atoms with Crippen molar-refractivity contribution >= 4 is 5.97 Å². The molecular formula is C18H27NO3. The van der Waals surface area contributed by atoms with Crippen molar-refractivity contribution in [1.82, 2.24) is 0 Å². The van der Waals surface area contributed by atoms with Gasteiger partial charge in [0.25, 0.3) is 0 Å². The summed E-state index contributed by atoms with van der Waals surface area (Å²) in [4.78, 5) is 12.2. The zero-order valence-corrected chi connectivity index (χ0v) is 13.3. The zero-order chi connectivity index (χ0) is 15.9. The Bertz CT molecular complexity index is 557. The molecule has 0 aromatic heterocycles. The number of aliphatic hydroxyl groups is 1. The maximum Gasteiger partial charge on any atom is 0.307 e. The lowest BCUT2D eigenvalue weighted by molar-refractivity contribution is -0.152. The average molecular weight is 305 g/mol. The largest absolute Gasteiger partial charge is 0.481 e. The number of hydrogen-bond donors (Lipinski definition) is 3. The van der Waals surface area contributed by atoms with Crippen molar-refractivity contribution in [3.05, 3.63) is 12.2 Å². The highest BCUT2D eigenvalue weighted by Crippen LogP contribution is 2.73. The molecule has 4 saturated carbocycles. The molecule has 0 saturated heterocycles. The summed E-state index contributed by atoms with van der Waals surface area (Å²) < 4.78 is 0. The molecule has 0 amide bonds. The Kier molecular flexibility index (Phi) is 2.77. The highest BCUT2D eigenvalue weighted by atomic mass is 16.4. The SMILES string of the molecule is C=C1C[C@]23CC1CC[C@H]2[C@]1(O)CCCC(C)(N)[C@H]1[C@@H]3C(=O)O. The van der Waals surface area contributed by atoms with Gasteiger partial charge in [-0.3, -0.25) is 4.79 Å². The molecule has 4 N–H and O–H groups in total. The van der Waals surface area contributed by atoms with Crippen molar-refractivity contribution in [2.75, 3.05) is 0 Å². The quantitative estimate of drug-likeness (QED) is 0.649. The number of hydrogen-bond acceptors (Lipinski definition) is 3. The van der Waals surface area contributed by atoms with E-state index < -0.39 is 23.0 Å². The van der Waals surface area contributed by atoms with Gasteiger partial charge in [-0.05, 0) is 69.1 Å². The van der Waals surface area contributed by atoms with Crippen LogP contribution in [0, 0.1) is 29.1 Å². The van der Waals surface area contributed by atoms with Crippen LogP contribution in [0.1, 0.15) is 51.9 Å². The van der Waals surface area contributed by atoms with Crippen LogP contribution in [0.3, 0.4) is 0 Å². The minimum absolute atomic E-state index is 0.0739. The molecule has 0 heterocycles. The van der Waals surface area contributed by atoms with Crippen LogP contribution in [0.5, 0.6) is 0 Å². The van der Waals surface area contributed by atoms with Crippen LogP contribution in [0.15, 0.2) is 12.2 Å². The van der Waals surface area contributed by atoms with Crippen LogP contribution < -0.4 is 5.73 Å². The predicted molar refractivity (Wildman–Crippen MR) is 83.0 cm³/mol. The van der Waals surface area contributed by atoms with Crippen molar-refractivity contribution in [1.29, 1.82) is 0 Å². The summed E-state index contributed by atoms with van der Waals surface area (Å²) in [5.41, 5.74) is 5.94. The van der Waals surface area contributed by atoms with Crippen LogP contribution in [0.4, 0.5) is 0 Å². The minimum Gasteiger partial charge on any atom is -0.481 e. The number of fused-ring (bicyclic) bond motifs is 3. The Labute approximate surface area is 131 Å². The normalized spacial score (nSPS) is 56.6. The molecular weight excluding hydrogens is 278 g/mol. The standard InChI is InChI=1S/C18H27NO3/c1-10-8-17-9-11(10)4-5-12(17)18(22)7-3-6-16(2,19)14(18)13(17)15(20)21/h11-14,22H,1,3-9,19H2,2H3,(H,20,21)/t11?,12-,13-,14-,16?,17+,18-/m1/s1. The van der Waals surface area contributed by atoms with Gasteiger partial charge in [0, 0.05) is 11.5 Å². The summed E-state index contributed by atoms with van der Waals surface area (Å²) in [6.45, 7) is 6.17. The van der Waals surface area contributed by atoms with Gasteiger partial charge >= 0.3 is 5.97 Å². The Morgan fingerprint density at radius 2 is 2.09 bits per heavy atom. The third-order valence-corrected chi connectivity index (χ3v) is 7.62. The number of allylic oxidation sites excluding steroid dienone is 1. The topological polar surface area (TPSA) is 83.5 Å². The molecule has 0 radical (unpaired) electrons. The van der Waals surface area contributed by atoms with Gasteiger partial charge < -0.3 is 15.9 Å². The van der Waals surface area contributed by atoms with E-state index in [4.69, 9.17) is 5.73 Å². The molecule has 0 aromatic carbocycles. The summed E-state index contributed by atoms with van der Waals surface area (Å²) >= 11 is 0. The van der Waals surface area contributed by atoms with Crippen molar-refractivity contribution in [3.63, 3.8) is 0 Å². The first-order valence-electron chi connectivity index (χ1n) is 8.64. The highest BCUT2D eigenvalue weighted by Gasteiger charge is 2.74. The first kappa shape index (κ1) is 14.7. The van der Waals surface area contributed by atoms with Gasteiger partial charge in [-0.25, -0.2) is 0 Å². The fourth-order valence-electron chi connectivity index (χ4n) is 7.09. The van der Waals surface area contributed by atoms with Crippen LogP contribution in [0.25, 0.3) is 0 Å². The fourth-order valence-corrected chi connectivity index (χ4v) is 7.09. The lowest BCUT2D eigenvalue weighted by atomic mass is 9.62. The van der Waals surface area contributed by atoms with E-state index in [0.29, 0.717) is 12.3 Å². The van der Waals surface area contributed by atoms with Crippen LogP contribution in [0.2, 0.25) is 0 Å². The molecule has 4 rings (SSSR count). The third kappa shape index (κ3) is 1.53. The Hall–Kier alpha value is -0.870. The summed E-state index contributed by atoms with van der Waals surface area (Å²) in [5.74, 6) is -1.10. The lowest BCUT2D eigenvalue weighted by Crippen LogP contribution is -2.60. The van der Waals surface area contributed by atoms with Crippen molar-refractivity contribution in [2.24, 2.45) is 34.8 Å². The molecule has 0 aliphatic heterocycles. The van der Waals surface area contributed by atoms with Crippen LogP contribution >= 0.6 is 0 Å². The van der Waals surface area contributed by atoms with Crippen LogP contribution in [-0.4, -0.2) is 27.3 Å². The molecule has 4 heteroatoms. The number of rotatable bonds is 1. The molecule has 122 valence electrons. The van der Waals surface area contributed by atoms with E-state index in [1.54, 1.807) is 0 Å². The predicted octanol–water partition coefficient (Wildman–Crippen LogP) is 2.31. The van der Waals surface area contributed by atoms with Gasteiger partial charge in [0.2, 0.25) is 0 Å². The average Bonchev–Trinajstić information content (AvgIpc) is 2.79. The van der Waals surface area contributed by atoms with Gasteiger partial charge in [-0.2, -0.15) is 0 Å². The molecule has 22 heavy (non-hydrogen) atoms. The van der Waals surface area contributed by atoms with Gasteiger partial charge in [0.1, 0.15) is 0 Å². The molecule has 2 unspecified atom stereocenters. The molecule has 2 bridgehead atoms. The zero-order valence-electron chi connectivity index (χ0n) is 13.3. The Morgan fingerprint density at radius 1 is 1.36 bits per heavy atom. The van der Waals surface area contributed by atoms with Crippen molar-refractivity contribution < 1.29 is 15.0 Å². The summed E-state index contributed by atoms with van der Waals surface area (Å²) in [6, 6.07) is 0. The number of nitrogens with two attached hydrogens (primary N) is 1. The van der Waals surface area contributed by atoms with Gasteiger partial charge in [-0.1, -0.05) is 12.2 Å². The van der Waals surface area contributed by atoms with E-state index >= 15 is 0 Å². The molecule has 4 aliphatic carbocycles. The number of carboxylic acids is 1. The van der Waals surface area contributed by atoms with E-state index in [9.17, 15) is 15.0 Å². The monoisotopic (exact) mass is 305 g/mol. The van der Waals surface area contributed by atoms with E-state index in [2.05, 4.69) is 6.58 Å². The number of carbonyl (C=O) groups is 1. The van der Waals surface area contributed by atoms with Gasteiger partial charge in [0.15, 0.2) is 0 Å². The second-order valence-corrected chi connectivity index (χ2v) is 8.74. The van der Waals surface area contributed by atoms with Crippen LogP contribution in [-0.2, 0) is 4.79 Å². The number of carboxylic acid groups (broad SMARTS) is 1. The Balaban J connectivity index is 1.91. The minimum atomic E-state index is -0.902. The summed E-state index contributed by atoms with van der Waals surface area (Å²) in [5, 5.41) is 21.6. The van der Waals surface area contributed by atoms with E-state index in [0.717, 1.165) is 38.5 Å². The Morgan fingerprint density at radius 3 is 2.77 bits per heavy atom. The summed E-state index contributed by atoms with van der Waals surface area (Å²) in [7, 11) is 0. The van der Waals surface area contributed by atoms with E-state index in [1.807, 2.05) is 6.92 Å². The highest BCUT2D eigenvalue weighted by molar-refractivity contribution is 5.74. The van der Waals surface area contributed by atoms with Gasteiger partial charge in [-0.15, -0.1) is 0 Å². The molecule has 7 atom stereocenters. The number of aliphatic carboxylic acids is 1. The first-order valence-corrected chi connectivity index (χ1v) is 8.64. The van der Waals surface area contributed by atoms with E-state index in [-0.39, 0.29) is 17.3 Å². The smallest absolute Gasteiger partial charge is 0.307 e. The lowest BCUT2D eigenvalue weighted by Gasteiger charge is -2.49. The summed E-state index contributed by atoms with van der Waals surface area (Å²) in [6.07, 6.45) is 6.04. The first-order chi connectivity index (χ1) is 10.2. The molecule has 4 fully saturated rings. The molecule has 4 aliphatic rings. The van der Waals surface area contributed by atoms with Crippen molar-refractivity contribution in [3.8, 4) is 0 Å². The second-order valence-electron chi connectivity index (χ2n) is 8.74. The van der Waals surface area contributed by atoms with E-state index in [1.165, 1.54) is 5.57 Å². The maximum atomic E-state index is 12.2.